The lowest BCUT2D eigenvalue weighted by Crippen LogP contribution is -1.89. The number of hydrogen-bond donors (Lipinski definition) is 0. The van der Waals surface area contributed by atoms with Crippen molar-refractivity contribution in [1.29, 1.82) is 0 Å². The minimum absolute atomic E-state index is 0.945. The van der Waals surface area contributed by atoms with Crippen molar-refractivity contribution in [3.63, 3.8) is 0 Å². The number of hydrogen-bond acceptors (Lipinski definition) is 2. The van der Waals surface area contributed by atoms with E-state index in [-0.39, 0.29) is 0 Å². The zero-order chi connectivity index (χ0) is 11.1. The Morgan fingerprint density at radius 2 is 2.06 bits per heavy atom. The molecular formula is C12H11N4. The fourth-order valence-electron chi connectivity index (χ4n) is 1.86. The summed E-state index contributed by atoms with van der Waals surface area (Å²) in [4.78, 5) is 4.29. The van der Waals surface area contributed by atoms with Crippen LogP contribution in [0.4, 0.5) is 0 Å². The SMILES string of the molecule is Cn1ccc(-c2cccc3c2n[c]n3C)n1. The van der Waals surface area contributed by atoms with Crippen LogP contribution in [-0.4, -0.2) is 19.3 Å². The Bertz CT molecular complexity index is 648. The van der Waals surface area contributed by atoms with E-state index < -0.39 is 0 Å². The predicted molar refractivity (Wildman–Crippen MR) is 61.8 cm³/mol. The highest BCUT2D eigenvalue weighted by Gasteiger charge is 2.09. The van der Waals surface area contributed by atoms with Crippen LogP contribution < -0.4 is 0 Å². The van der Waals surface area contributed by atoms with Crippen molar-refractivity contribution in [2.75, 3.05) is 0 Å². The van der Waals surface area contributed by atoms with Crippen LogP contribution in [-0.2, 0) is 14.1 Å². The number of imidazole rings is 1. The first-order valence-corrected chi connectivity index (χ1v) is 5.09. The first-order chi connectivity index (χ1) is 7.75. The molecule has 0 saturated heterocycles. The molecule has 3 aromatic rings. The Labute approximate surface area is 93.1 Å². The molecule has 0 aliphatic carbocycles. The van der Waals surface area contributed by atoms with Gasteiger partial charge in [-0.25, -0.2) is 4.98 Å². The van der Waals surface area contributed by atoms with Gasteiger partial charge in [-0.15, -0.1) is 0 Å². The number of para-hydroxylation sites is 1. The van der Waals surface area contributed by atoms with Gasteiger partial charge in [-0.05, 0) is 12.1 Å². The van der Waals surface area contributed by atoms with Gasteiger partial charge in [0.15, 0.2) is 6.33 Å². The number of aryl methyl sites for hydroxylation is 2. The Balaban J connectivity index is 2.31. The van der Waals surface area contributed by atoms with Crippen molar-refractivity contribution < 1.29 is 0 Å². The summed E-state index contributed by atoms with van der Waals surface area (Å²) in [6, 6.07) is 8.07. The largest absolute Gasteiger partial charge is 0.324 e. The van der Waals surface area contributed by atoms with Gasteiger partial charge in [0.1, 0.15) is 0 Å². The number of benzene rings is 1. The van der Waals surface area contributed by atoms with E-state index in [1.807, 2.05) is 49.1 Å². The predicted octanol–water partition coefficient (Wildman–Crippen LogP) is 1.77. The molecule has 4 nitrogen and oxygen atoms in total. The molecule has 79 valence electrons. The first-order valence-electron chi connectivity index (χ1n) is 5.09. The molecule has 4 heteroatoms. The van der Waals surface area contributed by atoms with Crippen molar-refractivity contribution in [2.24, 2.45) is 14.1 Å². The van der Waals surface area contributed by atoms with E-state index in [1.165, 1.54) is 0 Å². The summed E-state index contributed by atoms with van der Waals surface area (Å²) in [6.45, 7) is 0. The fraction of sp³-hybridized carbons (Fsp3) is 0.167. The molecule has 0 amide bonds. The minimum Gasteiger partial charge on any atom is -0.324 e. The van der Waals surface area contributed by atoms with Gasteiger partial charge < -0.3 is 4.57 Å². The third-order valence-corrected chi connectivity index (χ3v) is 2.68. The molecule has 1 radical (unpaired) electrons. The van der Waals surface area contributed by atoms with E-state index in [0.29, 0.717) is 0 Å². The standard InChI is InChI=1S/C12H11N4/c1-15-8-13-12-9(4-3-5-11(12)15)10-6-7-16(2)14-10/h3-7H,1-2H3. The smallest absolute Gasteiger partial charge is 0.177 e. The number of rotatable bonds is 1. The second kappa shape index (κ2) is 3.20. The van der Waals surface area contributed by atoms with Crippen LogP contribution in [0.1, 0.15) is 0 Å². The molecule has 0 bridgehead atoms. The van der Waals surface area contributed by atoms with E-state index in [9.17, 15) is 0 Å². The zero-order valence-electron chi connectivity index (χ0n) is 9.18. The van der Waals surface area contributed by atoms with Crippen LogP contribution >= 0.6 is 0 Å². The van der Waals surface area contributed by atoms with Crippen LogP contribution in [0.5, 0.6) is 0 Å². The normalized spacial score (nSPS) is 11.1. The summed E-state index contributed by atoms with van der Waals surface area (Å²) >= 11 is 0. The maximum atomic E-state index is 4.39. The Kier molecular flexibility index (Phi) is 1.83. The maximum absolute atomic E-state index is 4.39. The van der Waals surface area contributed by atoms with E-state index >= 15 is 0 Å². The molecular weight excluding hydrogens is 200 g/mol. The molecule has 0 atom stereocenters. The second-order valence-electron chi connectivity index (χ2n) is 3.82. The summed E-state index contributed by atoms with van der Waals surface area (Å²) in [5.41, 5.74) is 4.02. The average molecular weight is 211 g/mol. The lowest BCUT2D eigenvalue weighted by Gasteiger charge is -1.99. The van der Waals surface area contributed by atoms with Crippen LogP contribution in [0.15, 0.2) is 30.5 Å². The van der Waals surface area contributed by atoms with E-state index in [0.717, 1.165) is 22.3 Å². The molecule has 3 rings (SSSR count). The molecule has 0 N–H and O–H groups in total. The molecule has 1 aromatic carbocycles. The Morgan fingerprint density at radius 1 is 1.19 bits per heavy atom. The lowest BCUT2D eigenvalue weighted by atomic mass is 10.1. The molecule has 2 aromatic heterocycles. The molecule has 0 fully saturated rings. The molecule has 0 aliphatic rings. The third kappa shape index (κ3) is 1.23. The quantitative estimate of drug-likeness (QED) is 0.615. The van der Waals surface area contributed by atoms with E-state index in [2.05, 4.69) is 16.4 Å². The molecule has 0 unspecified atom stereocenters. The minimum atomic E-state index is 0.945. The summed E-state index contributed by atoms with van der Waals surface area (Å²) in [7, 11) is 3.85. The van der Waals surface area contributed by atoms with Crippen molar-refractivity contribution in [3.05, 3.63) is 36.8 Å². The van der Waals surface area contributed by atoms with E-state index in [1.54, 1.807) is 4.68 Å². The van der Waals surface area contributed by atoms with Crippen molar-refractivity contribution in [1.82, 2.24) is 19.3 Å². The topological polar surface area (TPSA) is 35.6 Å². The first kappa shape index (κ1) is 9.15. The number of fused-ring (bicyclic) bond motifs is 1. The summed E-state index contributed by atoms with van der Waals surface area (Å²) in [5, 5.41) is 4.39. The highest BCUT2D eigenvalue weighted by molar-refractivity contribution is 5.90. The maximum Gasteiger partial charge on any atom is 0.177 e. The summed E-state index contributed by atoms with van der Waals surface area (Å²) < 4.78 is 3.68. The van der Waals surface area contributed by atoms with Gasteiger partial charge in [-0.3, -0.25) is 4.68 Å². The van der Waals surface area contributed by atoms with Gasteiger partial charge in [-0.1, -0.05) is 12.1 Å². The Hall–Kier alpha value is -2.10. The van der Waals surface area contributed by atoms with Crippen molar-refractivity contribution >= 4 is 11.0 Å². The third-order valence-electron chi connectivity index (χ3n) is 2.68. The van der Waals surface area contributed by atoms with Gasteiger partial charge in [0.25, 0.3) is 0 Å². The van der Waals surface area contributed by atoms with Gasteiger partial charge in [-0.2, -0.15) is 5.10 Å². The molecule has 16 heavy (non-hydrogen) atoms. The number of nitrogens with zero attached hydrogens (tertiary/aromatic N) is 4. The van der Waals surface area contributed by atoms with Crippen molar-refractivity contribution in [3.8, 4) is 11.3 Å². The highest BCUT2D eigenvalue weighted by Crippen LogP contribution is 2.25. The van der Waals surface area contributed by atoms with Crippen LogP contribution in [0.3, 0.4) is 0 Å². The van der Waals surface area contributed by atoms with Crippen molar-refractivity contribution in [2.45, 2.75) is 0 Å². The van der Waals surface area contributed by atoms with Gasteiger partial charge >= 0.3 is 0 Å². The lowest BCUT2D eigenvalue weighted by molar-refractivity contribution is 0.771. The zero-order valence-corrected chi connectivity index (χ0v) is 9.18. The van der Waals surface area contributed by atoms with E-state index in [4.69, 9.17) is 0 Å². The van der Waals surface area contributed by atoms with Crippen LogP contribution in [0.2, 0.25) is 0 Å². The Morgan fingerprint density at radius 3 is 2.81 bits per heavy atom. The summed E-state index contributed by atoms with van der Waals surface area (Å²) in [5.74, 6) is 0. The average Bonchev–Trinajstić information content (AvgIpc) is 2.86. The van der Waals surface area contributed by atoms with Gasteiger partial charge in [0.2, 0.25) is 0 Å². The molecule has 0 aliphatic heterocycles. The van der Waals surface area contributed by atoms with Gasteiger partial charge in [0, 0.05) is 25.9 Å². The van der Waals surface area contributed by atoms with Crippen LogP contribution in [0.25, 0.3) is 22.3 Å². The highest BCUT2D eigenvalue weighted by atomic mass is 15.2. The fourth-order valence-corrected chi connectivity index (χ4v) is 1.86. The molecule has 0 saturated carbocycles. The number of aromatic nitrogens is 4. The van der Waals surface area contributed by atoms with Gasteiger partial charge in [0.05, 0.1) is 16.7 Å². The monoisotopic (exact) mass is 211 g/mol. The van der Waals surface area contributed by atoms with Crippen LogP contribution in [0, 0.1) is 6.33 Å². The second-order valence-corrected chi connectivity index (χ2v) is 3.82. The molecule has 0 spiro atoms. The summed E-state index contributed by atoms with van der Waals surface area (Å²) in [6.07, 6.45) is 4.86. The molecule has 2 heterocycles.